The molecule has 1 unspecified atom stereocenters. The average molecular weight is 297 g/mol. The first kappa shape index (κ1) is 17.6. The van der Waals surface area contributed by atoms with Gasteiger partial charge in [0.05, 0.1) is 7.11 Å². The quantitative estimate of drug-likeness (QED) is 0.520. The number of halogens is 1. The molecule has 0 aromatic heterocycles. The van der Waals surface area contributed by atoms with Gasteiger partial charge in [0, 0.05) is 27.2 Å². The highest BCUT2D eigenvalue weighted by molar-refractivity contribution is 5.84. The standard InChI is InChI=1S/C16H24FNO3/c1-18(21-3)15(19)16(17,11-7-8-12-20-2)13-14-9-5-4-6-10-14/h4-6,9-10H,7-8,11-13H2,1-3H3. The van der Waals surface area contributed by atoms with E-state index in [-0.39, 0.29) is 12.8 Å². The van der Waals surface area contributed by atoms with Gasteiger partial charge in [0.15, 0.2) is 5.67 Å². The van der Waals surface area contributed by atoms with Crippen LogP contribution in [-0.4, -0.2) is 44.5 Å². The number of hydrogen-bond acceptors (Lipinski definition) is 3. The zero-order valence-corrected chi connectivity index (χ0v) is 13.0. The zero-order chi connectivity index (χ0) is 15.7. The van der Waals surface area contributed by atoms with Gasteiger partial charge in [-0.3, -0.25) is 9.63 Å². The Balaban J connectivity index is 2.80. The molecule has 1 aromatic rings. The third-order valence-corrected chi connectivity index (χ3v) is 3.44. The van der Waals surface area contributed by atoms with Gasteiger partial charge in [-0.1, -0.05) is 30.3 Å². The van der Waals surface area contributed by atoms with Crippen LogP contribution < -0.4 is 0 Å². The highest BCUT2D eigenvalue weighted by Crippen LogP contribution is 2.27. The number of nitrogens with zero attached hydrogens (tertiary/aromatic N) is 1. The van der Waals surface area contributed by atoms with E-state index in [1.165, 1.54) is 14.2 Å². The first-order valence-electron chi connectivity index (χ1n) is 7.07. The van der Waals surface area contributed by atoms with E-state index in [1.54, 1.807) is 7.11 Å². The number of carbonyl (C=O) groups excluding carboxylic acids is 1. The average Bonchev–Trinajstić information content (AvgIpc) is 2.51. The summed E-state index contributed by atoms with van der Waals surface area (Å²) < 4.78 is 20.2. The number of rotatable bonds is 9. The van der Waals surface area contributed by atoms with Crippen LogP contribution in [-0.2, 0) is 20.8 Å². The van der Waals surface area contributed by atoms with E-state index in [0.29, 0.717) is 13.0 Å². The fourth-order valence-corrected chi connectivity index (χ4v) is 2.21. The van der Waals surface area contributed by atoms with Crippen molar-refractivity contribution >= 4 is 5.91 Å². The lowest BCUT2D eigenvalue weighted by atomic mass is 9.90. The summed E-state index contributed by atoms with van der Waals surface area (Å²) in [7, 11) is 4.39. The molecule has 0 saturated carbocycles. The lowest BCUT2D eigenvalue weighted by Crippen LogP contribution is -2.45. The molecule has 0 spiro atoms. The zero-order valence-electron chi connectivity index (χ0n) is 13.0. The molecule has 1 amide bonds. The Morgan fingerprint density at radius 3 is 2.48 bits per heavy atom. The maximum Gasteiger partial charge on any atom is 0.283 e. The van der Waals surface area contributed by atoms with Gasteiger partial charge >= 0.3 is 0 Å². The van der Waals surface area contributed by atoms with E-state index in [2.05, 4.69) is 0 Å². The summed E-state index contributed by atoms with van der Waals surface area (Å²) in [5.41, 5.74) is -1.16. The maximum atomic E-state index is 15.2. The lowest BCUT2D eigenvalue weighted by Gasteiger charge is -2.28. The summed E-state index contributed by atoms with van der Waals surface area (Å²) in [4.78, 5) is 17.1. The Bertz CT molecular complexity index is 427. The number of unbranched alkanes of at least 4 members (excludes halogenated alkanes) is 1. The van der Waals surface area contributed by atoms with Gasteiger partial charge in [-0.2, -0.15) is 0 Å². The van der Waals surface area contributed by atoms with Crippen molar-refractivity contribution in [3.63, 3.8) is 0 Å². The number of alkyl halides is 1. The second-order valence-corrected chi connectivity index (χ2v) is 5.06. The third kappa shape index (κ3) is 5.44. The minimum absolute atomic E-state index is 0.0490. The van der Waals surface area contributed by atoms with E-state index in [1.807, 2.05) is 30.3 Å². The minimum atomic E-state index is -1.96. The number of benzene rings is 1. The van der Waals surface area contributed by atoms with E-state index in [0.717, 1.165) is 17.0 Å². The molecular weight excluding hydrogens is 273 g/mol. The molecule has 118 valence electrons. The molecule has 5 heteroatoms. The Morgan fingerprint density at radius 2 is 1.90 bits per heavy atom. The molecule has 0 radical (unpaired) electrons. The van der Waals surface area contributed by atoms with Gasteiger partial charge in [0.25, 0.3) is 5.91 Å². The molecule has 0 aliphatic rings. The predicted molar refractivity (Wildman–Crippen MR) is 79.5 cm³/mol. The number of methoxy groups -OCH3 is 1. The lowest BCUT2D eigenvalue weighted by molar-refractivity contribution is -0.182. The molecule has 1 atom stereocenters. The monoisotopic (exact) mass is 297 g/mol. The van der Waals surface area contributed by atoms with E-state index in [9.17, 15) is 4.79 Å². The number of hydrogen-bond donors (Lipinski definition) is 0. The summed E-state index contributed by atoms with van der Waals surface area (Å²) in [5.74, 6) is -0.647. The molecule has 0 saturated heterocycles. The van der Waals surface area contributed by atoms with Crippen LogP contribution in [0.2, 0.25) is 0 Å². The highest BCUT2D eigenvalue weighted by Gasteiger charge is 2.40. The van der Waals surface area contributed by atoms with Gasteiger partial charge in [-0.15, -0.1) is 0 Å². The van der Waals surface area contributed by atoms with E-state index >= 15 is 4.39 Å². The summed E-state index contributed by atoms with van der Waals surface area (Å²) in [6, 6.07) is 9.19. The van der Waals surface area contributed by atoms with Crippen LogP contribution in [0, 0.1) is 0 Å². The molecule has 0 heterocycles. The molecular formula is C16H24FNO3. The SMILES string of the molecule is COCCCCC(F)(Cc1ccccc1)C(=O)N(C)OC. The van der Waals surface area contributed by atoms with Crippen molar-refractivity contribution in [2.24, 2.45) is 0 Å². The molecule has 4 nitrogen and oxygen atoms in total. The van der Waals surface area contributed by atoms with Gasteiger partial charge in [0.2, 0.25) is 0 Å². The Labute approximate surface area is 125 Å². The number of hydroxylamine groups is 2. The molecule has 0 fully saturated rings. The van der Waals surface area contributed by atoms with Crippen LogP contribution in [0.5, 0.6) is 0 Å². The maximum absolute atomic E-state index is 15.2. The third-order valence-electron chi connectivity index (χ3n) is 3.44. The van der Waals surface area contributed by atoms with Crippen LogP contribution in [0.15, 0.2) is 30.3 Å². The number of ether oxygens (including phenoxy) is 1. The Hall–Kier alpha value is -1.46. The molecule has 0 aliphatic carbocycles. The predicted octanol–water partition coefficient (Wildman–Crippen LogP) is 2.77. The van der Waals surface area contributed by atoms with Crippen molar-refractivity contribution in [2.75, 3.05) is 27.9 Å². The van der Waals surface area contributed by atoms with Crippen LogP contribution in [0.3, 0.4) is 0 Å². The summed E-state index contributed by atoms with van der Waals surface area (Å²) in [6.07, 6.45) is 1.51. The Morgan fingerprint density at radius 1 is 1.24 bits per heavy atom. The van der Waals surface area contributed by atoms with E-state index in [4.69, 9.17) is 9.57 Å². The molecule has 1 rings (SSSR count). The fraction of sp³-hybridized carbons (Fsp3) is 0.562. The second kappa shape index (κ2) is 8.74. The topological polar surface area (TPSA) is 38.8 Å². The van der Waals surface area contributed by atoms with Crippen molar-refractivity contribution in [1.29, 1.82) is 0 Å². The number of carbonyl (C=O) groups is 1. The molecule has 1 aromatic carbocycles. The normalized spacial score (nSPS) is 13.7. The van der Waals surface area contributed by atoms with Crippen LogP contribution >= 0.6 is 0 Å². The van der Waals surface area contributed by atoms with Gasteiger partial charge < -0.3 is 4.74 Å². The van der Waals surface area contributed by atoms with Gasteiger partial charge in [0.1, 0.15) is 0 Å². The summed E-state index contributed by atoms with van der Waals surface area (Å²) >= 11 is 0. The molecule has 0 aliphatic heterocycles. The fourth-order valence-electron chi connectivity index (χ4n) is 2.21. The summed E-state index contributed by atoms with van der Waals surface area (Å²) in [5, 5.41) is 0.958. The highest BCUT2D eigenvalue weighted by atomic mass is 19.1. The van der Waals surface area contributed by atoms with Crippen LogP contribution in [0.4, 0.5) is 4.39 Å². The van der Waals surface area contributed by atoms with Crippen molar-refractivity contribution < 1.29 is 18.8 Å². The first-order valence-corrected chi connectivity index (χ1v) is 7.07. The second-order valence-electron chi connectivity index (χ2n) is 5.06. The van der Waals surface area contributed by atoms with Crippen LogP contribution in [0.1, 0.15) is 24.8 Å². The van der Waals surface area contributed by atoms with Gasteiger partial charge in [-0.25, -0.2) is 9.45 Å². The molecule has 21 heavy (non-hydrogen) atoms. The molecule has 0 N–H and O–H groups in total. The Kier molecular flexibility index (Phi) is 7.32. The molecule has 0 bridgehead atoms. The largest absolute Gasteiger partial charge is 0.385 e. The minimum Gasteiger partial charge on any atom is -0.385 e. The smallest absolute Gasteiger partial charge is 0.283 e. The van der Waals surface area contributed by atoms with Crippen molar-refractivity contribution in [2.45, 2.75) is 31.4 Å². The van der Waals surface area contributed by atoms with Crippen LogP contribution in [0.25, 0.3) is 0 Å². The van der Waals surface area contributed by atoms with Gasteiger partial charge in [-0.05, 0) is 24.8 Å². The number of amides is 1. The first-order chi connectivity index (χ1) is 10.0. The van der Waals surface area contributed by atoms with Crippen molar-refractivity contribution in [3.8, 4) is 0 Å². The summed E-state index contributed by atoms with van der Waals surface area (Å²) in [6.45, 7) is 0.565. The van der Waals surface area contributed by atoms with E-state index < -0.39 is 11.6 Å². The van der Waals surface area contributed by atoms with Crippen molar-refractivity contribution in [1.82, 2.24) is 5.06 Å². The van der Waals surface area contributed by atoms with Crippen molar-refractivity contribution in [3.05, 3.63) is 35.9 Å².